The molecule has 15 heavy (non-hydrogen) atoms. The van der Waals surface area contributed by atoms with E-state index in [-0.39, 0.29) is 5.75 Å². The lowest BCUT2D eigenvalue weighted by Gasteiger charge is -2.02. The average Bonchev–Trinajstić information content (AvgIpc) is 2.70. The molecular weight excluding hydrogens is 206 g/mol. The molecule has 3 heteroatoms. The van der Waals surface area contributed by atoms with Gasteiger partial charge in [0.2, 0.25) is 0 Å². The second kappa shape index (κ2) is 3.76. The fourth-order valence-corrected chi connectivity index (χ4v) is 2.22. The van der Waals surface area contributed by atoms with E-state index in [0.717, 1.165) is 16.0 Å². The van der Waals surface area contributed by atoms with Crippen LogP contribution in [0, 0.1) is 18.3 Å². The summed E-state index contributed by atoms with van der Waals surface area (Å²) in [7, 11) is 0. The van der Waals surface area contributed by atoms with Crippen molar-refractivity contribution in [3.63, 3.8) is 0 Å². The number of rotatable bonds is 1. The number of thiophene rings is 1. The maximum Gasteiger partial charge on any atom is 0.124 e. The largest absolute Gasteiger partial charge is 0.507 e. The van der Waals surface area contributed by atoms with E-state index < -0.39 is 0 Å². The molecule has 0 bridgehead atoms. The van der Waals surface area contributed by atoms with Crippen LogP contribution in [0.3, 0.4) is 0 Å². The van der Waals surface area contributed by atoms with Crippen LogP contribution in [0.15, 0.2) is 30.3 Å². The first-order valence-corrected chi connectivity index (χ1v) is 5.32. The molecule has 2 nitrogen and oxygen atoms in total. The zero-order valence-electron chi connectivity index (χ0n) is 8.19. The van der Waals surface area contributed by atoms with E-state index >= 15 is 0 Å². The Labute approximate surface area is 92.0 Å². The van der Waals surface area contributed by atoms with Crippen molar-refractivity contribution < 1.29 is 5.11 Å². The fraction of sp³-hybridized carbons (Fsp3) is 0.0833. The summed E-state index contributed by atoms with van der Waals surface area (Å²) in [5.74, 6) is 0.256. The number of phenolic OH excluding ortho intramolecular Hbond substituents is 1. The van der Waals surface area contributed by atoms with Crippen molar-refractivity contribution in [2.45, 2.75) is 6.92 Å². The Balaban J connectivity index is 2.54. The fourth-order valence-electron chi connectivity index (χ4n) is 1.39. The van der Waals surface area contributed by atoms with E-state index in [2.05, 4.69) is 6.07 Å². The Hall–Kier alpha value is -1.79. The molecule has 0 aliphatic rings. The Kier molecular flexibility index (Phi) is 2.44. The summed E-state index contributed by atoms with van der Waals surface area (Å²) in [5.41, 5.74) is 1.89. The molecule has 0 radical (unpaired) electrons. The second-order valence-electron chi connectivity index (χ2n) is 3.30. The molecule has 1 N–H and O–H groups in total. The summed E-state index contributed by atoms with van der Waals surface area (Å²) < 4.78 is 0. The third-order valence-corrected chi connectivity index (χ3v) is 3.16. The second-order valence-corrected chi connectivity index (χ2v) is 4.38. The molecule has 2 rings (SSSR count). The molecule has 0 spiro atoms. The minimum atomic E-state index is 0.256. The molecule has 0 saturated carbocycles. The van der Waals surface area contributed by atoms with Crippen molar-refractivity contribution in [2.75, 3.05) is 0 Å². The van der Waals surface area contributed by atoms with Crippen molar-refractivity contribution in [3.8, 4) is 22.3 Å². The highest BCUT2D eigenvalue weighted by molar-refractivity contribution is 7.16. The van der Waals surface area contributed by atoms with Gasteiger partial charge in [0.05, 0.1) is 0 Å². The van der Waals surface area contributed by atoms with Gasteiger partial charge in [-0.1, -0.05) is 11.6 Å². The first-order chi connectivity index (χ1) is 7.20. The van der Waals surface area contributed by atoms with E-state index in [1.807, 2.05) is 25.1 Å². The van der Waals surface area contributed by atoms with Crippen LogP contribution in [-0.4, -0.2) is 5.11 Å². The molecule has 1 heterocycles. The molecule has 0 unspecified atom stereocenters. The summed E-state index contributed by atoms with van der Waals surface area (Å²) in [4.78, 5) is 1.58. The minimum absolute atomic E-state index is 0.256. The smallest absolute Gasteiger partial charge is 0.124 e. The van der Waals surface area contributed by atoms with Gasteiger partial charge in [0.15, 0.2) is 0 Å². The van der Waals surface area contributed by atoms with Crippen LogP contribution >= 0.6 is 11.3 Å². The van der Waals surface area contributed by atoms with Crippen LogP contribution in [0.2, 0.25) is 0 Å². The van der Waals surface area contributed by atoms with Crippen LogP contribution in [-0.2, 0) is 0 Å². The molecule has 0 saturated heterocycles. The Morgan fingerprint density at radius 3 is 2.73 bits per heavy atom. The SMILES string of the molecule is Cc1ccc(O)c(-c2ccc(C#N)s2)c1. The van der Waals surface area contributed by atoms with Crippen molar-refractivity contribution in [1.82, 2.24) is 0 Å². The van der Waals surface area contributed by atoms with Gasteiger partial charge in [0, 0.05) is 10.4 Å². The number of hydrogen-bond donors (Lipinski definition) is 1. The van der Waals surface area contributed by atoms with Gasteiger partial charge >= 0.3 is 0 Å². The van der Waals surface area contributed by atoms with Gasteiger partial charge in [0.25, 0.3) is 0 Å². The maximum absolute atomic E-state index is 9.69. The van der Waals surface area contributed by atoms with Gasteiger partial charge < -0.3 is 5.11 Å². The van der Waals surface area contributed by atoms with Crippen LogP contribution in [0.4, 0.5) is 0 Å². The highest BCUT2D eigenvalue weighted by Crippen LogP contribution is 2.34. The molecule has 74 valence electrons. The molecule has 2 aromatic rings. The highest BCUT2D eigenvalue weighted by atomic mass is 32.1. The average molecular weight is 215 g/mol. The normalized spacial score (nSPS) is 9.87. The van der Waals surface area contributed by atoms with Gasteiger partial charge in [-0.15, -0.1) is 11.3 Å². The standard InChI is InChI=1S/C12H9NOS/c1-8-2-4-11(14)10(6-8)12-5-3-9(7-13)15-12/h2-6,14H,1H3. The molecule has 1 aromatic carbocycles. The van der Waals surface area contributed by atoms with Crippen LogP contribution in [0.1, 0.15) is 10.4 Å². The predicted molar refractivity (Wildman–Crippen MR) is 60.9 cm³/mol. The number of nitriles is 1. The first kappa shape index (κ1) is 9.75. The van der Waals surface area contributed by atoms with Gasteiger partial charge in [-0.25, -0.2) is 0 Å². The number of nitrogens with zero attached hydrogens (tertiary/aromatic N) is 1. The van der Waals surface area contributed by atoms with Crippen LogP contribution < -0.4 is 0 Å². The summed E-state index contributed by atoms with van der Waals surface area (Å²) in [5, 5.41) is 18.4. The summed E-state index contributed by atoms with van der Waals surface area (Å²) in [6, 6.07) is 11.2. The lowest BCUT2D eigenvalue weighted by Crippen LogP contribution is -1.77. The number of aromatic hydroxyl groups is 1. The number of benzene rings is 1. The molecule has 0 aliphatic heterocycles. The summed E-state index contributed by atoms with van der Waals surface area (Å²) in [6.07, 6.45) is 0. The number of phenols is 1. The zero-order chi connectivity index (χ0) is 10.8. The van der Waals surface area contributed by atoms with Gasteiger partial charge in [0.1, 0.15) is 16.7 Å². The monoisotopic (exact) mass is 215 g/mol. The van der Waals surface area contributed by atoms with Crippen molar-refractivity contribution in [3.05, 3.63) is 40.8 Å². The predicted octanol–water partition coefficient (Wildman–Crippen LogP) is 3.30. The van der Waals surface area contributed by atoms with Crippen molar-refractivity contribution in [1.29, 1.82) is 5.26 Å². The van der Waals surface area contributed by atoms with Crippen LogP contribution in [0.25, 0.3) is 10.4 Å². The van der Waals surface area contributed by atoms with Gasteiger partial charge in [-0.3, -0.25) is 0 Å². The van der Waals surface area contributed by atoms with Gasteiger partial charge in [-0.2, -0.15) is 5.26 Å². The highest BCUT2D eigenvalue weighted by Gasteiger charge is 2.07. The van der Waals surface area contributed by atoms with E-state index in [9.17, 15) is 5.11 Å². The molecule has 1 aromatic heterocycles. The molecule has 0 fully saturated rings. The third kappa shape index (κ3) is 1.85. The van der Waals surface area contributed by atoms with Crippen molar-refractivity contribution >= 4 is 11.3 Å². The quantitative estimate of drug-likeness (QED) is 0.793. The minimum Gasteiger partial charge on any atom is -0.507 e. The van der Waals surface area contributed by atoms with E-state index in [1.165, 1.54) is 11.3 Å². The molecule has 0 atom stereocenters. The Morgan fingerprint density at radius 2 is 2.07 bits per heavy atom. The maximum atomic E-state index is 9.69. The lowest BCUT2D eigenvalue weighted by molar-refractivity contribution is 0.477. The Morgan fingerprint density at radius 1 is 1.27 bits per heavy atom. The Bertz CT molecular complexity index is 537. The van der Waals surface area contributed by atoms with Crippen molar-refractivity contribution in [2.24, 2.45) is 0 Å². The number of hydrogen-bond acceptors (Lipinski definition) is 3. The lowest BCUT2D eigenvalue weighted by atomic mass is 10.1. The van der Waals surface area contributed by atoms with E-state index in [0.29, 0.717) is 4.88 Å². The summed E-state index contributed by atoms with van der Waals surface area (Å²) >= 11 is 1.39. The van der Waals surface area contributed by atoms with E-state index in [4.69, 9.17) is 5.26 Å². The first-order valence-electron chi connectivity index (χ1n) is 4.50. The number of aryl methyl sites for hydroxylation is 1. The third-order valence-electron chi connectivity index (χ3n) is 2.13. The van der Waals surface area contributed by atoms with Gasteiger partial charge in [-0.05, 0) is 31.2 Å². The molecule has 0 aliphatic carbocycles. The van der Waals surface area contributed by atoms with E-state index in [1.54, 1.807) is 12.1 Å². The molecular formula is C12H9NOS. The zero-order valence-corrected chi connectivity index (χ0v) is 9.01. The molecule has 0 amide bonds. The topological polar surface area (TPSA) is 44.0 Å². The summed E-state index contributed by atoms with van der Waals surface area (Å²) in [6.45, 7) is 1.97. The van der Waals surface area contributed by atoms with Crippen LogP contribution in [0.5, 0.6) is 5.75 Å².